The normalized spacial score (nSPS) is 18.7. The van der Waals surface area contributed by atoms with Gasteiger partial charge in [0, 0.05) is 35.7 Å². The molecular weight excluding hydrogens is 387 g/mol. The van der Waals surface area contributed by atoms with E-state index in [1.807, 2.05) is 0 Å². The van der Waals surface area contributed by atoms with Gasteiger partial charge in [-0.25, -0.2) is 0 Å². The van der Waals surface area contributed by atoms with Crippen molar-refractivity contribution in [2.75, 3.05) is 11.4 Å². The maximum Gasteiger partial charge on any atom is 0.573 e. The molecule has 0 radical (unpaired) electrons. The quantitative estimate of drug-likeness (QED) is 0.779. The molecule has 0 aliphatic carbocycles. The smallest absolute Gasteiger partial charge is 0.406 e. The lowest BCUT2D eigenvalue weighted by Crippen LogP contribution is -2.25. The van der Waals surface area contributed by atoms with E-state index in [2.05, 4.69) is 20.7 Å². The van der Waals surface area contributed by atoms with E-state index in [9.17, 15) is 22.8 Å². The van der Waals surface area contributed by atoms with Crippen molar-refractivity contribution in [3.05, 3.63) is 22.7 Å². The van der Waals surface area contributed by atoms with Crippen LogP contribution in [0.5, 0.6) is 5.75 Å². The van der Waals surface area contributed by atoms with Crippen molar-refractivity contribution in [1.29, 1.82) is 0 Å². The van der Waals surface area contributed by atoms with E-state index in [1.54, 1.807) is 0 Å². The topological polar surface area (TPSA) is 46.6 Å². The Labute approximate surface area is 137 Å². The number of carbonyl (C=O) groups is 2. The fraction of sp³-hybridized carbons (Fsp3) is 0.385. The van der Waals surface area contributed by atoms with Gasteiger partial charge in [0.15, 0.2) is 5.12 Å². The van der Waals surface area contributed by atoms with Crippen molar-refractivity contribution in [1.82, 2.24) is 0 Å². The average molecular weight is 398 g/mol. The van der Waals surface area contributed by atoms with E-state index in [-0.39, 0.29) is 29.2 Å². The Morgan fingerprint density at radius 3 is 2.73 bits per heavy atom. The van der Waals surface area contributed by atoms with Crippen LogP contribution < -0.4 is 9.64 Å². The van der Waals surface area contributed by atoms with Crippen LogP contribution in [0, 0.1) is 0 Å². The maximum absolute atomic E-state index is 12.3. The summed E-state index contributed by atoms with van der Waals surface area (Å²) in [4.78, 5) is 24.5. The zero-order valence-corrected chi connectivity index (χ0v) is 13.7. The maximum atomic E-state index is 12.3. The summed E-state index contributed by atoms with van der Waals surface area (Å²) < 4.78 is 41.2. The van der Waals surface area contributed by atoms with E-state index in [1.165, 1.54) is 17.9 Å². The molecule has 1 amide bonds. The van der Waals surface area contributed by atoms with E-state index < -0.39 is 12.1 Å². The first kappa shape index (κ1) is 17.1. The molecule has 1 heterocycles. The molecule has 0 aromatic heterocycles. The van der Waals surface area contributed by atoms with Crippen LogP contribution in [0.25, 0.3) is 0 Å². The second-order valence-corrected chi connectivity index (χ2v) is 6.93. The summed E-state index contributed by atoms with van der Waals surface area (Å²) in [6.07, 6.45) is -4.63. The number of benzene rings is 1. The number of ether oxygens (including phenoxy) is 1. The Kier molecular flexibility index (Phi) is 5.06. The summed E-state index contributed by atoms with van der Waals surface area (Å²) in [6.45, 7) is 1.67. The highest BCUT2D eigenvalue weighted by atomic mass is 79.9. The van der Waals surface area contributed by atoms with Crippen molar-refractivity contribution in [2.45, 2.75) is 25.0 Å². The zero-order valence-electron chi connectivity index (χ0n) is 11.3. The van der Waals surface area contributed by atoms with Crippen molar-refractivity contribution in [3.8, 4) is 5.75 Å². The predicted octanol–water partition coefficient (Wildman–Crippen LogP) is 3.73. The molecule has 0 N–H and O–H groups in total. The van der Waals surface area contributed by atoms with Crippen LogP contribution in [0.1, 0.15) is 13.3 Å². The van der Waals surface area contributed by atoms with Gasteiger partial charge in [-0.05, 0) is 28.1 Å². The monoisotopic (exact) mass is 397 g/mol. The number of nitrogens with zero attached hydrogens (tertiary/aromatic N) is 1. The van der Waals surface area contributed by atoms with Crippen LogP contribution in [-0.2, 0) is 9.59 Å². The largest absolute Gasteiger partial charge is 0.573 e. The van der Waals surface area contributed by atoms with Crippen LogP contribution >= 0.6 is 27.7 Å². The van der Waals surface area contributed by atoms with E-state index >= 15 is 0 Å². The SMILES string of the molecule is CC(=O)SC1CC(=O)N(c2cc(OC(F)(F)F)ccc2Br)C1. The molecule has 0 spiro atoms. The van der Waals surface area contributed by atoms with Gasteiger partial charge < -0.3 is 9.64 Å². The van der Waals surface area contributed by atoms with Crippen molar-refractivity contribution >= 4 is 44.4 Å². The Morgan fingerprint density at radius 2 is 2.14 bits per heavy atom. The summed E-state index contributed by atoms with van der Waals surface area (Å²) in [5, 5.41) is -0.308. The molecule has 1 aromatic rings. The summed E-state index contributed by atoms with van der Waals surface area (Å²) in [6, 6.07) is 3.69. The summed E-state index contributed by atoms with van der Waals surface area (Å²) in [5.41, 5.74) is 0.290. The third kappa shape index (κ3) is 4.39. The van der Waals surface area contributed by atoms with Gasteiger partial charge >= 0.3 is 6.36 Å². The standard InChI is InChI=1S/C13H11BrF3NO3S/c1-7(19)22-9-5-12(20)18(6-9)11-4-8(2-3-10(11)14)21-13(15,16)17/h2-4,9H,5-6H2,1H3. The summed E-state index contributed by atoms with van der Waals surface area (Å²) in [7, 11) is 0. The summed E-state index contributed by atoms with van der Waals surface area (Å²) >= 11 is 4.27. The first-order valence-corrected chi connectivity index (χ1v) is 7.86. The van der Waals surface area contributed by atoms with Crippen LogP contribution in [0.2, 0.25) is 0 Å². The molecule has 120 valence electrons. The van der Waals surface area contributed by atoms with E-state index in [0.29, 0.717) is 10.2 Å². The number of halogens is 4. The third-order valence-electron chi connectivity index (χ3n) is 2.86. The van der Waals surface area contributed by atoms with Gasteiger partial charge in [-0.3, -0.25) is 9.59 Å². The number of anilines is 1. The predicted molar refractivity (Wildman–Crippen MR) is 79.9 cm³/mol. The fourth-order valence-corrected chi connectivity index (χ4v) is 3.50. The highest BCUT2D eigenvalue weighted by molar-refractivity contribution is 9.10. The van der Waals surface area contributed by atoms with Gasteiger partial charge in [0.2, 0.25) is 5.91 Å². The Balaban J connectivity index is 2.22. The molecule has 2 rings (SSSR count). The number of amides is 1. The molecule has 1 fully saturated rings. The highest BCUT2D eigenvalue weighted by Crippen LogP contribution is 2.36. The molecule has 1 aromatic carbocycles. The number of rotatable bonds is 3. The minimum absolute atomic E-state index is 0.104. The molecule has 22 heavy (non-hydrogen) atoms. The molecule has 1 saturated heterocycles. The van der Waals surface area contributed by atoms with Crippen molar-refractivity contribution in [2.24, 2.45) is 0 Å². The average Bonchev–Trinajstić information content (AvgIpc) is 2.70. The number of carbonyl (C=O) groups excluding carboxylic acids is 2. The minimum Gasteiger partial charge on any atom is -0.406 e. The van der Waals surface area contributed by atoms with Gasteiger partial charge in [-0.2, -0.15) is 0 Å². The summed E-state index contributed by atoms with van der Waals surface area (Å²) in [5.74, 6) is -0.648. The Bertz CT molecular complexity index is 609. The first-order valence-electron chi connectivity index (χ1n) is 6.18. The zero-order chi connectivity index (χ0) is 16.5. The molecule has 1 aliphatic heterocycles. The number of hydrogen-bond acceptors (Lipinski definition) is 4. The number of thioether (sulfide) groups is 1. The molecule has 1 unspecified atom stereocenters. The van der Waals surface area contributed by atoms with Gasteiger partial charge in [0.1, 0.15) is 5.75 Å². The molecular formula is C13H11BrF3NO3S. The highest BCUT2D eigenvalue weighted by Gasteiger charge is 2.34. The third-order valence-corrected chi connectivity index (χ3v) is 4.52. The molecule has 1 aliphatic rings. The van der Waals surface area contributed by atoms with Crippen molar-refractivity contribution < 1.29 is 27.5 Å². The number of hydrogen-bond donors (Lipinski definition) is 0. The Hall–Kier alpha value is -1.22. The van der Waals surface area contributed by atoms with Crippen LogP contribution in [-0.4, -0.2) is 29.2 Å². The molecule has 1 atom stereocenters. The lowest BCUT2D eigenvalue weighted by Gasteiger charge is -2.19. The first-order chi connectivity index (χ1) is 10.2. The lowest BCUT2D eigenvalue weighted by molar-refractivity contribution is -0.274. The van der Waals surface area contributed by atoms with Gasteiger partial charge in [0.25, 0.3) is 0 Å². The second kappa shape index (κ2) is 6.49. The number of alkyl halides is 3. The molecule has 9 heteroatoms. The molecule has 0 saturated carbocycles. The van der Waals surface area contributed by atoms with Crippen LogP contribution in [0.3, 0.4) is 0 Å². The van der Waals surface area contributed by atoms with Gasteiger partial charge in [-0.15, -0.1) is 13.2 Å². The molecule has 4 nitrogen and oxygen atoms in total. The Morgan fingerprint density at radius 1 is 1.45 bits per heavy atom. The van der Waals surface area contributed by atoms with E-state index in [4.69, 9.17) is 0 Å². The van der Waals surface area contributed by atoms with Crippen LogP contribution in [0.15, 0.2) is 22.7 Å². The minimum atomic E-state index is -4.80. The van der Waals surface area contributed by atoms with Gasteiger partial charge in [-0.1, -0.05) is 11.8 Å². The van der Waals surface area contributed by atoms with Gasteiger partial charge in [0.05, 0.1) is 5.69 Å². The lowest BCUT2D eigenvalue weighted by atomic mass is 10.3. The van der Waals surface area contributed by atoms with Crippen molar-refractivity contribution in [3.63, 3.8) is 0 Å². The van der Waals surface area contributed by atoms with Crippen LogP contribution in [0.4, 0.5) is 18.9 Å². The van der Waals surface area contributed by atoms with E-state index in [0.717, 1.165) is 23.9 Å². The fourth-order valence-electron chi connectivity index (χ4n) is 2.12. The second-order valence-electron chi connectivity index (χ2n) is 4.60. The molecule has 0 bridgehead atoms.